The van der Waals surface area contributed by atoms with Crippen LogP contribution in [-0.2, 0) is 4.74 Å². The molecule has 0 aliphatic carbocycles. The highest BCUT2D eigenvalue weighted by atomic mass is 16.6. The Bertz CT molecular complexity index is 491. The molecule has 0 aromatic heterocycles. The van der Waals surface area contributed by atoms with Gasteiger partial charge in [-0.15, -0.1) is 0 Å². The van der Waals surface area contributed by atoms with Crippen molar-refractivity contribution in [3.63, 3.8) is 0 Å². The first-order chi connectivity index (χ1) is 15.3. The molecule has 0 spiro atoms. The van der Waals surface area contributed by atoms with Gasteiger partial charge >= 0.3 is 0 Å². The highest BCUT2D eigenvalue weighted by molar-refractivity contribution is 5.02. The van der Waals surface area contributed by atoms with Gasteiger partial charge in [0.05, 0.1) is 18.8 Å². The highest BCUT2D eigenvalue weighted by Gasteiger charge is 2.47. The third-order valence-electron chi connectivity index (χ3n) is 6.36. The van der Waals surface area contributed by atoms with E-state index in [1.165, 1.54) is 63.9 Å². The van der Waals surface area contributed by atoms with Crippen LogP contribution in [0.25, 0.3) is 0 Å². The molecule has 1 aliphatic rings. The van der Waals surface area contributed by atoms with Gasteiger partial charge in [-0.05, 0) is 12.8 Å². The van der Waals surface area contributed by atoms with E-state index in [-0.39, 0.29) is 0 Å². The first-order valence-corrected chi connectivity index (χ1v) is 12.4. The van der Waals surface area contributed by atoms with Crippen LogP contribution in [0.4, 0.5) is 0 Å². The second-order valence-electron chi connectivity index (χ2n) is 9.10. The van der Waals surface area contributed by atoms with E-state index >= 15 is 0 Å². The topological polar surface area (TPSA) is 157 Å². The van der Waals surface area contributed by atoms with Crippen LogP contribution in [0.2, 0.25) is 0 Å². The molecule has 1 rings (SSSR count). The van der Waals surface area contributed by atoms with Gasteiger partial charge in [-0.3, -0.25) is 0 Å². The Balaban J connectivity index is 2.22. The molecule has 0 aromatic rings. The fourth-order valence-corrected chi connectivity index (χ4v) is 4.12. The lowest BCUT2D eigenvalue weighted by Gasteiger charge is -2.43. The Morgan fingerprint density at radius 3 is 1.88 bits per heavy atom. The molecule has 1 heterocycles. The molecule has 1 fully saturated rings. The van der Waals surface area contributed by atoms with Gasteiger partial charge < -0.3 is 41.1 Å². The summed E-state index contributed by atoms with van der Waals surface area (Å²) >= 11 is 0. The van der Waals surface area contributed by atoms with Crippen LogP contribution < -0.4 is 5.73 Å². The number of nitrogens with two attached hydrogens (primary N) is 1. The van der Waals surface area contributed by atoms with Crippen molar-refractivity contribution in [2.75, 3.05) is 6.61 Å². The van der Waals surface area contributed by atoms with Crippen molar-refractivity contribution in [1.82, 2.24) is 0 Å². The minimum Gasteiger partial charge on any atom is -0.394 e. The maximum atomic E-state index is 10.4. The molecule has 8 atom stereocenters. The molecule has 190 valence electrons. The van der Waals surface area contributed by atoms with Gasteiger partial charge in [-0.1, -0.05) is 83.3 Å². The first kappa shape index (κ1) is 29.5. The van der Waals surface area contributed by atoms with Crippen molar-refractivity contribution >= 4 is 0 Å². The number of hydrogen-bond donors (Lipinski definition) is 7. The van der Waals surface area contributed by atoms with E-state index in [4.69, 9.17) is 10.5 Å². The Morgan fingerprint density at radius 2 is 1.34 bits per heavy atom. The van der Waals surface area contributed by atoms with Crippen molar-refractivity contribution in [1.29, 1.82) is 0 Å². The number of unbranched alkanes of at least 4 members (excludes halogenated alkanes) is 11. The number of aliphatic hydroxyl groups excluding tert-OH is 6. The predicted octanol–water partition coefficient (Wildman–Crippen LogP) is 1.14. The quantitative estimate of drug-likeness (QED) is 0.126. The Morgan fingerprint density at radius 1 is 0.812 bits per heavy atom. The lowest BCUT2D eigenvalue weighted by atomic mass is 9.88. The normalized spacial score (nSPS) is 29.3. The molecule has 8 heteroatoms. The fraction of sp³-hybridized carbons (Fsp3) is 0.917. The largest absolute Gasteiger partial charge is 0.394 e. The van der Waals surface area contributed by atoms with E-state index in [1.807, 2.05) is 6.08 Å². The van der Waals surface area contributed by atoms with Crippen molar-refractivity contribution in [3.8, 4) is 0 Å². The summed E-state index contributed by atoms with van der Waals surface area (Å²) in [5.74, 6) is 0. The van der Waals surface area contributed by atoms with E-state index in [2.05, 4.69) is 6.92 Å². The molecule has 1 aliphatic heterocycles. The van der Waals surface area contributed by atoms with Gasteiger partial charge in [0.1, 0.15) is 36.6 Å². The van der Waals surface area contributed by atoms with Crippen LogP contribution in [0.3, 0.4) is 0 Å². The molecule has 0 bridgehead atoms. The van der Waals surface area contributed by atoms with E-state index in [1.54, 1.807) is 0 Å². The zero-order chi connectivity index (χ0) is 23.9. The molecule has 8 N–H and O–H groups in total. The summed E-state index contributed by atoms with van der Waals surface area (Å²) in [5.41, 5.74) is 5.92. The van der Waals surface area contributed by atoms with Gasteiger partial charge in [-0.2, -0.15) is 0 Å². The molecule has 0 saturated carbocycles. The Hall–Kier alpha value is -0.580. The summed E-state index contributed by atoms with van der Waals surface area (Å²) in [4.78, 5) is 0. The van der Waals surface area contributed by atoms with E-state index < -0.39 is 55.4 Å². The van der Waals surface area contributed by atoms with Crippen LogP contribution in [-0.4, -0.2) is 86.0 Å². The number of hydrogen-bond acceptors (Lipinski definition) is 8. The van der Waals surface area contributed by atoms with Crippen molar-refractivity contribution < 1.29 is 35.4 Å². The first-order valence-electron chi connectivity index (χ1n) is 12.4. The maximum Gasteiger partial charge on any atom is 0.114 e. The lowest BCUT2D eigenvalue weighted by molar-refractivity contribution is -0.252. The van der Waals surface area contributed by atoms with Gasteiger partial charge in [0.25, 0.3) is 0 Å². The third kappa shape index (κ3) is 10.1. The molecular weight excluding hydrogens is 414 g/mol. The summed E-state index contributed by atoms with van der Waals surface area (Å²) in [6.07, 6.45) is 8.26. The molecule has 1 saturated heterocycles. The zero-order valence-electron chi connectivity index (χ0n) is 19.6. The summed E-state index contributed by atoms with van der Waals surface area (Å²) in [6.45, 7) is 1.64. The van der Waals surface area contributed by atoms with Crippen LogP contribution in [0, 0.1) is 0 Å². The smallest absolute Gasteiger partial charge is 0.114 e. The number of rotatable bonds is 17. The Kier molecular flexibility index (Phi) is 15.6. The highest BCUT2D eigenvalue weighted by Crippen LogP contribution is 2.25. The maximum absolute atomic E-state index is 10.4. The molecule has 0 amide bonds. The van der Waals surface area contributed by atoms with Gasteiger partial charge in [0.15, 0.2) is 0 Å². The molecule has 0 aromatic carbocycles. The Labute approximate surface area is 193 Å². The van der Waals surface area contributed by atoms with E-state index in [0.717, 1.165) is 19.3 Å². The monoisotopic (exact) mass is 461 g/mol. The standard InChI is InChI=1S/C24H47NO7/c1-2-3-4-5-6-7-8-9-10-11-12-13-14-15-17(27)19(25)21(29)24-23(31)22(30)20(28)18(16-26)32-24/h14-15,17-24,26-31H,2-13,16,25H2,1H3/b15-14+/t17?,18-,19?,20-,21?,22+,23-,24+/m1/s1. The minimum absolute atomic E-state index is 0.592. The van der Waals surface area contributed by atoms with Crippen LogP contribution in [0.15, 0.2) is 12.2 Å². The average molecular weight is 462 g/mol. The van der Waals surface area contributed by atoms with Crippen molar-refractivity contribution in [3.05, 3.63) is 12.2 Å². The molecule has 8 nitrogen and oxygen atoms in total. The summed E-state index contributed by atoms with van der Waals surface area (Å²) in [5, 5.41) is 59.7. The van der Waals surface area contributed by atoms with Gasteiger partial charge in [-0.25, -0.2) is 0 Å². The second-order valence-corrected chi connectivity index (χ2v) is 9.10. The van der Waals surface area contributed by atoms with Crippen LogP contribution in [0.5, 0.6) is 0 Å². The number of ether oxygens (including phenoxy) is 1. The molecule has 0 radical (unpaired) electrons. The second kappa shape index (κ2) is 16.9. The number of allylic oxidation sites excluding steroid dienone is 1. The summed E-state index contributed by atoms with van der Waals surface area (Å²) in [6, 6.07) is -1.16. The third-order valence-corrected chi connectivity index (χ3v) is 6.36. The van der Waals surface area contributed by atoms with E-state index in [0.29, 0.717) is 0 Å². The fourth-order valence-electron chi connectivity index (χ4n) is 4.12. The van der Waals surface area contributed by atoms with Gasteiger partial charge in [0.2, 0.25) is 0 Å². The summed E-state index contributed by atoms with van der Waals surface area (Å²) < 4.78 is 5.31. The molecule has 32 heavy (non-hydrogen) atoms. The lowest BCUT2D eigenvalue weighted by Crippen LogP contribution is -2.64. The van der Waals surface area contributed by atoms with Crippen LogP contribution >= 0.6 is 0 Å². The van der Waals surface area contributed by atoms with Crippen molar-refractivity contribution in [2.24, 2.45) is 5.73 Å². The molecular formula is C24H47NO7. The van der Waals surface area contributed by atoms with Crippen LogP contribution in [0.1, 0.15) is 84.0 Å². The minimum atomic E-state index is -1.60. The van der Waals surface area contributed by atoms with E-state index in [9.17, 15) is 30.6 Å². The SMILES string of the molecule is CCCCCCCCCCCCC/C=C/C(O)C(N)C(O)[C@@H]1O[C@H](CO)[C@@H](O)[C@H](O)[C@H]1O. The molecule has 3 unspecified atom stereocenters. The predicted molar refractivity (Wildman–Crippen MR) is 124 cm³/mol. The number of aliphatic hydroxyl groups is 6. The van der Waals surface area contributed by atoms with Crippen molar-refractivity contribution in [2.45, 2.75) is 133 Å². The average Bonchev–Trinajstić information content (AvgIpc) is 2.79. The zero-order valence-corrected chi connectivity index (χ0v) is 19.6. The van der Waals surface area contributed by atoms with Gasteiger partial charge in [0, 0.05) is 0 Å². The summed E-state index contributed by atoms with van der Waals surface area (Å²) in [7, 11) is 0.